The van der Waals surface area contributed by atoms with Crippen molar-refractivity contribution >= 4 is 5.91 Å². The number of hydrogen-bond donors (Lipinski definition) is 3. The Hall–Kier alpha value is -3.09. The van der Waals surface area contributed by atoms with Crippen LogP contribution in [0.1, 0.15) is 33.1 Å². The second-order valence-electron chi connectivity index (χ2n) is 5.80. The van der Waals surface area contributed by atoms with Gasteiger partial charge in [0.25, 0.3) is 5.91 Å². The number of H-pyrrole nitrogens is 2. The third kappa shape index (κ3) is 4.26. The van der Waals surface area contributed by atoms with Crippen LogP contribution in [0.5, 0.6) is 5.75 Å². The number of nitrogens with zero attached hydrogens (tertiary/aromatic N) is 2. The average Bonchev–Trinajstić information content (AvgIpc) is 3.22. The van der Waals surface area contributed by atoms with Crippen molar-refractivity contribution in [3.8, 4) is 5.75 Å². The van der Waals surface area contributed by atoms with Crippen molar-refractivity contribution in [1.82, 2.24) is 25.7 Å². The third-order valence-corrected chi connectivity index (χ3v) is 3.94. The van der Waals surface area contributed by atoms with Gasteiger partial charge in [0.05, 0.1) is 11.4 Å². The van der Waals surface area contributed by atoms with Gasteiger partial charge < -0.3 is 10.1 Å². The minimum atomic E-state index is -0.207. The summed E-state index contributed by atoms with van der Waals surface area (Å²) in [7, 11) is 0. The molecule has 3 aromatic rings. The quantitative estimate of drug-likeness (QED) is 0.615. The lowest BCUT2D eigenvalue weighted by Gasteiger charge is -2.04. The van der Waals surface area contributed by atoms with Crippen molar-refractivity contribution in [3.05, 3.63) is 64.7 Å². The first-order valence-corrected chi connectivity index (χ1v) is 8.14. The molecule has 130 valence electrons. The molecule has 0 aliphatic rings. The van der Waals surface area contributed by atoms with E-state index in [4.69, 9.17) is 4.74 Å². The highest BCUT2D eigenvalue weighted by atomic mass is 16.5. The van der Waals surface area contributed by atoms with Crippen molar-refractivity contribution in [3.63, 3.8) is 0 Å². The van der Waals surface area contributed by atoms with E-state index in [1.165, 1.54) is 0 Å². The maximum absolute atomic E-state index is 12.2. The van der Waals surface area contributed by atoms with E-state index in [0.717, 1.165) is 34.8 Å². The summed E-state index contributed by atoms with van der Waals surface area (Å²) in [5, 5.41) is 16.8. The lowest BCUT2D eigenvalue weighted by Crippen LogP contribution is -2.26. The smallest absolute Gasteiger partial charge is 0.271 e. The molecule has 0 saturated heterocycles. The highest BCUT2D eigenvalue weighted by molar-refractivity contribution is 5.92. The molecule has 7 heteroatoms. The summed E-state index contributed by atoms with van der Waals surface area (Å²) in [5.41, 5.74) is 4.24. The molecule has 0 fully saturated rings. The van der Waals surface area contributed by atoms with Gasteiger partial charge in [0, 0.05) is 12.2 Å². The highest BCUT2D eigenvalue weighted by Gasteiger charge is 2.12. The van der Waals surface area contributed by atoms with Crippen LogP contribution in [-0.4, -0.2) is 32.8 Å². The van der Waals surface area contributed by atoms with E-state index in [1.807, 2.05) is 44.2 Å². The zero-order chi connectivity index (χ0) is 17.6. The molecule has 2 aromatic heterocycles. The first-order chi connectivity index (χ1) is 12.1. The molecule has 1 aromatic carbocycles. The summed E-state index contributed by atoms with van der Waals surface area (Å²) < 4.78 is 5.63. The van der Waals surface area contributed by atoms with Crippen molar-refractivity contribution in [1.29, 1.82) is 0 Å². The first kappa shape index (κ1) is 16.8. The third-order valence-electron chi connectivity index (χ3n) is 3.94. The molecule has 0 aliphatic carbocycles. The number of aryl methyl sites for hydroxylation is 2. The first-order valence-electron chi connectivity index (χ1n) is 8.14. The number of aromatic nitrogens is 4. The summed E-state index contributed by atoms with van der Waals surface area (Å²) in [4.78, 5) is 12.2. The summed E-state index contributed by atoms with van der Waals surface area (Å²) >= 11 is 0. The summed E-state index contributed by atoms with van der Waals surface area (Å²) in [6.45, 7) is 4.79. The number of carbonyl (C=O) groups excluding carboxylic acids is 1. The molecule has 7 nitrogen and oxygen atoms in total. The Labute approximate surface area is 145 Å². The Kier molecular flexibility index (Phi) is 5.13. The van der Waals surface area contributed by atoms with Gasteiger partial charge in [-0.2, -0.15) is 10.2 Å². The van der Waals surface area contributed by atoms with Crippen LogP contribution in [0, 0.1) is 13.8 Å². The fourth-order valence-corrected chi connectivity index (χ4v) is 2.56. The van der Waals surface area contributed by atoms with Crippen LogP contribution >= 0.6 is 0 Å². The monoisotopic (exact) mass is 339 g/mol. The van der Waals surface area contributed by atoms with E-state index >= 15 is 0 Å². The van der Waals surface area contributed by atoms with Crippen LogP contribution in [0.2, 0.25) is 0 Å². The van der Waals surface area contributed by atoms with Crippen molar-refractivity contribution in [2.24, 2.45) is 0 Å². The van der Waals surface area contributed by atoms with Gasteiger partial charge in [-0.05, 0) is 44.0 Å². The minimum Gasteiger partial charge on any atom is -0.487 e. The van der Waals surface area contributed by atoms with Gasteiger partial charge in [0.1, 0.15) is 18.1 Å². The van der Waals surface area contributed by atoms with Crippen LogP contribution < -0.4 is 10.1 Å². The maximum atomic E-state index is 12.2. The molecule has 3 N–H and O–H groups in total. The molecule has 0 bridgehead atoms. The van der Waals surface area contributed by atoms with Crippen molar-refractivity contribution in [2.45, 2.75) is 26.9 Å². The van der Waals surface area contributed by atoms with Gasteiger partial charge >= 0.3 is 0 Å². The molecule has 0 aliphatic heterocycles. The number of hydrogen-bond acceptors (Lipinski definition) is 4. The number of ether oxygens (including phenoxy) is 1. The summed E-state index contributed by atoms with van der Waals surface area (Å²) in [6, 6.07) is 11.2. The predicted octanol–water partition coefficient (Wildman–Crippen LogP) is 2.30. The Morgan fingerprint density at radius 3 is 2.68 bits per heavy atom. The van der Waals surface area contributed by atoms with Gasteiger partial charge in [0.2, 0.25) is 0 Å². The lowest BCUT2D eigenvalue weighted by atomic mass is 10.1. The van der Waals surface area contributed by atoms with E-state index in [-0.39, 0.29) is 5.91 Å². The van der Waals surface area contributed by atoms with E-state index in [1.54, 1.807) is 6.07 Å². The number of benzene rings is 1. The number of amides is 1. The SMILES string of the molecule is Cc1n[nH]c(C)c1CCNC(=O)c1cc(COc2ccccc2)[nH]n1. The molecular weight excluding hydrogens is 318 g/mol. The topological polar surface area (TPSA) is 95.7 Å². The maximum Gasteiger partial charge on any atom is 0.271 e. The zero-order valence-electron chi connectivity index (χ0n) is 14.3. The highest BCUT2D eigenvalue weighted by Crippen LogP contribution is 2.11. The number of rotatable bonds is 7. The van der Waals surface area contributed by atoms with Crippen molar-refractivity contribution in [2.75, 3.05) is 6.54 Å². The predicted molar refractivity (Wildman–Crippen MR) is 93.5 cm³/mol. The average molecular weight is 339 g/mol. The number of para-hydroxylation sites is 1. The minimum absolute atomic E-state index is 0.207. The van der Waals surface area contributed by atoms with E-state index in [2.05, 4.69) is 25.7 Å². The number of carbonyl (C=O) groups is 1. The molecule has 2 heterocycles. The molecule has 0 saturated carbocycles. The van der Waals surface area contributed by atoms with E-state index in [9.17, 15) is 4.79 Å². The lowest BCUT2D eigenvalue weighted by molar-refractivity contribution is 0.0949. The normalized spacial score (nSPS) is 10.6. The Bertz CT molecular complexity index is 819. The second kappa shape index (κ2) is 7.65. The largest absolute Gasteiger partial charge is 0.487 e. The summed E-state index contributed by atoms with van der Waals surface area (Å²) in [6.07, 6.45) is 0.730. The van der Waals surface area contributed by atoms with Gasteiger partial charge in [-0.3, -0.25) is 15.0 Å². The summed E-state index contributed by atoms with van der Waals surface area (Å²) in [5.74, 6) is 0.565. The van der Waals surface area contributed by atoms with Crippen LogP contribution in [0.25, 0.3) is 0 Å². The van der Waals surface area contributed by atoms with Crippen LogP contribution in [0.3, 0.4) is 0 Å². The van der Waals surface area contributed by atoms with Crippen molar-refractivity contribution < 1.29 is 9.53 Å². The molecule has 0 atom stereocenters. The van der Waals surface area contributed by atoms with E-state index in [0.29, 0.717) is 18.8 Å². The molecule has 0 unspecified atom stereocenters. The van der Waals surface area contributed by atoms with Gasteiger partial charge in [-0.25, -0.2) is 0 Å². The molecule has 0 radical (unpaired) electrons. The molecular formula is C18H21N5O2. The number of nitrogens with one attached hydrogen (secondary N) is 3. The zero-order valence-corrected chi connectivity index (χ0v) is 14.3. The fraction of sp³-hybridized carbons (Fsp3) is 0.278. The number of aromatic amines is 2. The van der Waals surface area contributed by atoms with Crippen LogP contribution in [0.4, 0.5) is 0 Å². The molecule has 0 spiro atoms. The van der Waals surface area contributed by atoms with Gasteiger partial charge in [0.15, 0.2) is 0 Å². The van der Waals surface area contributed by atoms with Gasteiger partial charge in [-0.15, -0.1) is 0 Å². The second-order valence-corrected chi connectivity index (χ2v) is 5.80. The standard InChI is InChI=1S/C18H21N5O2/c1-12-16(13(2)21-20-12)8-9-19-18(24)17-10-14(22-23-17)11-25-15-6-4-3-5-7-15/h3-7,10H,8-9,11H2,1-2H3,(H,19,24)(H,20,21)(H,22,23). The molecule has 1 amide bonds. The molecule has 25 heavy (non-hydrogen) atoms. The Morgan fingerprint density at radius 2 is 1.96 bits per heavy atom. The van der Waals surface area contributed by atoms with Gasteiger partial charge in [-0.1, -0.05) is 18.2 Å². The molecule has 3 rings (SSSR count). The Morgan fingerprint density at radius 1 is 1.16 bits per heavy atom. The van der Waals surface area contributed by atoms with Crippen LogP contribution in [-0.2, 0) is 13.0 Å². The Balaban J connectivity index is 1.49. The van der Waals surface area contributed by atoms with E-state index < -0.39 is 0 Å². The fourth-order valence-electron chi connectivity index (χ4n) is 2.56. The van der Waals surface area contributed by atoms with Crippen LogP contribution in [0.15, 0.2) is 36.4 Å².